The molecule has 7 heteroatoms. The van der Waals surface area contributed by atoms with E-state index >= 15 is 0 Å². The maximum Gasteiger partial charge on any atom is 0.410 e. The summed E-state index contributed by atoms with van der Waals surface area (Å²) in [5.41, 5.74) is 6.74. The van der Waals surface area contributed by atoms with Gasteiger partial charge in [0.05, 0.1) is 6.04 Å². The molecule has 2 amide bonds. The zero-order chi connectivity index (χ0) is 27.4. The molecule has 0 aliphatic carbocycles. The molecule has 38 heavy (non-hydrogen) atoms. The first-order chi connectivity index (χ1) is 17.8. The van der Waals surface area contributed by atoms with Gasteiger partial charge in [0, 0.05) is 48.4 Å². The number of hydrogen-bond acceptors (Lipinski definition) is 4. The Morgan fingerprint density at radius 2 is 1.82 bits per heavy atom. The number of benzene rings is 1. The van der Waals surface area contributed by atoms with Crippen LogP contribution < -0.4 is 0 Å². The molecule has 7 nitrogen and oxygen atoms in total. The lowest BCUT2D eigenvalue weighted by Gasteiger charge is -2.37. The molecule has 0 saturated carbocycles. The summed E-state index contributed by atoms with van der Waals surface area (Å²) in [6, 6.07) is 6.59. The molecular formula is C31H40N4O3. The van der Waals surface area contributed by atoms with Gasteiger partial charge in [-0.3, -0.25) is 4.79 Å². The van der Waals surface area contributed by atoms with Gasteiger partial charge in [-0.15, -0.1) is 0 Å². The molecule has 0 spiro atoms. The lowest BCUT2D eigenvalue weighted by Crippen LogP contribution is -2.43. The Bertz CT molecular complexity index is 1390. The minimum absolute atomic E-state index is 0.0890. The second-order valence-corrected chi connectivity index (χ2v) is 12.9. The minimum Gasteiger partial charge on any atom is -0.444 e. The van der Waals surface area contributed by atoms with Crippen molar-refractivity contribution in [2.75, 3.05) is 13.1 Å². The molecule has 202 valence electrons. The average Bonchev–Trinajstić information content (AvgIpc) is 3.48. The number of nitrogens with one attached hydrogen (secondary N) is 1. The number of aryl methyl sites for hydroxylation is 1. The molecule has 5 rings (SSSR count). The third kappa shape index (κ3) is 5.03. The summed E-state index contributed by atoms with van der Waals surface area (Å²) in [4.78, 5) is 38.3. The van der Waals surface area contributed by atoms with Crippen LogP contribution in [0.3, 0.4) is 0 Å². The maximum absolute atomic E-state index is 13.3. The van der Waals surface area contributed by atoms with E-state index in [-0.39, 0.29) is 18.0 Å². The van der Waals surface area contributed by atoms with Gasteiger partial charge in [-0.2, -0.15) is 0 Å². The van der Waals surface area contributed by atoms with Crippen molar-refractivity contribution in [3.8, 4) is 11.1 Å². The van der Waals surface area contributed by atoms with E-state index in [9.17, 15) is 9.59 Å². The number of hydrogen-bond donors (Lipinski definition) is 1. The summed E-state index contributed by atoms with van der Waals surface area (Å²) < 4.78 is 5.80. The molecule has 1 atom stereocenters. The Kier molecular flexibility index (Phi) is 6.52. The zero-order valence-corrected chi connectivity index (χ0v) is 23.8. The number of amides is 2. The summed E-state index contributed by atoms with van der Waals surface area (Å²) in [5, 5.41) is 1.11. The van der Waals surface area contributed by atoms with Gasteiger partial charge in [0.1, 0.15) is 11.2 Å². The van der Waals surface area contributed by atoms with E-state index < -0.39 is 11.0 Å². The first kappa shape index (κ1) is 26.3. The fourth-order valence-corrected chi connectivity index (χ4v) is 5.73. The Hall–Kier alpha value is -3.35. The fraction of sp³-hybridized carbons (Fsp3) is 0.516. The molecule has 2 aromatic heterocycles. The van der Waals surface area contributed by atoms with Gasteiger partial charge < -0.3 is 19.5 Å². The lowest BCUT2D eigenvalue weighted by molar-refractivity contribution is -0.140. The van der Waals surface area contributed by atoms with Gasteiger partial charge in [0.2, 0.25) is 5.91 Å². The van der Waals surface area contributed by atoms with Crippen LogP contribution in [0.2, 0.25) is 0 Å². The first-order valence-corrected chi connectivity index (χ1v) is 13.7. The SMILES string of the molecule is Cc1c[nH]c2ncc(-c3cc4c(c([C@@H]5CCCN5C(=O)OC(C)(C)C)c3)CN(C(=O)C(C)(C)C)CC4)cc12. The van der Waals surface area contributed by atoms with Crippen molar-refractivity contribution in [2.24, 2.45) is 5.41 Å². The zero-order valence-electron chi connectivity index (χ0n) is 23.8. The number of H-pyrrole nitrogens is 1. The van der Waals surface area contributed by atoms with Crippen molar-refractivity contribution < 1.29 is 14.3 Å². The summed E-state index contributed by atoms with van der Waals surface area (Å²) in [6.45, 7) is 15.6. The van der Waals surface area contributed by atoms with Crippen molar-refractivity contribution >= 4 is 23.0 Å². The summed E-state index contributed by atoms with van der Waals surface area (Å²) in [6.07, 6.45) is 6.21. The molecule has 2 aliphatic heterocycles. The van der Waals surface area contributed by atoms with Gasteiger partial charge in [0.15, 0.2) is 0 Å². The molecule has 1 N–H and O–H groups in total. The number of carbonyl (C=O) groups excluding carboxylic acids is 2. The second-order valence-electron chi connectivity index (χ2n) is 12.9. The molecule has 0 unspecified atom stereocenters. The van der Waals surface area contributed by atoms with Crippen LogP contribution in [-0.4, -0.2) is 50.5 Å². The van der Waals surface area contributed by atoms with Gasteiger partial charge in [-0.05, 0) is 86.9 Å². The Morgan fingerprint density at radius 1 is 1.05 bits per heavy atom. The average molecular weight is 517 g/mol. The van der Waals surface area contributed by atoms with Crippen molar-refractivity contribution in [3.63, 3.8) is 0 Å². The van der Waals surface area contributed by atoms with E-state index in [1.54, 1.807) is 0 Å². The molecule has 3 aromatic rings. The van der Waals surface area contributed by atoms with Crippen molar-refractivity contribution in [1.82, 2.24) is 19.8 Å². The van der Waals surface area contributed by atoms with Gasteiger partial charge in [-0.1, -0.05) is 26.8 Å². The number of fused-ring (bicyclic) bond motifs is 2. The van der Waals surface area contributed by atoms with Crippen LogP contribution in [0.1, 0.15) is 82.7 Å². The number of nitrogens with zero attached hydrogens (tertiary/aromatic N) is 3. The molecule has 1 saturated heterocycles. The monoisotopic (exact) mass is 516 g/mol. The highest BCUT2D eigenvalue weighted by Gasteiger charge is 2.37. The highest BCUT2D eigenvalue weighted by molar-refractivity contribution is 5.85. The lowest BCUT2D eigenvalue weighted by atomic mass is 9.85. The van der Waals surface area contributed by atoms with E-state index in [1.807, 2.05) is 63.7 Å². The summed E-state index contributed by atoms with van der Waals surface area (Å²) in [5.74, 6) is 0.159. The largest absolute Gasteiger partial charge is 0.444 e. The molecule has 0 radical (unpaired) electrons. The molecule has 2 aliphatic rings. The number of likely N-dealkylation sites (tertiary alicyclic amines) is 1. The van der Waals surface area contributed by atoms with E-state index in [0.29, 0.717) is 19.6 Å². The molecular weight excluding hydrogens is 476 g/mol. The molecule has 1 aromatic carbocycles. The van der Waals surface area contributed by atoms with Crippen LogP contribution in [0.15, 0.2) is 30.6 Å². The Morgan fingerprint density at radius 3 is 2.53 bits per heavy atom. The van der Waals surface area contributed by atoms with Crippen molar-refractivity contribution in [2.45, 2.75) is 85.9 Å². The summed E-state index contributed by atoms with van der Waals surface area (Å²) in [7, 11) is 0. The van der Waals surface area contributed by atoms with E-state index in [2.05, 4.69) is 35.1 Å². The van der Waals surface area contributed by atoms with Crippen LogP contribution in [0.4, 0.5) is 4.79 Å². The fourth-order valence-electron chi connectivity index (χ4n) is 5.73. The number of aromatic nitrogens is 2. The van der Waals surface area contributed by atoms with E-state index in [0.717, 1.165) is 52.5 Å². The van der Waals surface area contributed by atoms with Crippen molar-refractivity contribution in [3.05, 3.63) is 52.8 Å². The van der Waals surface area contributed by atoms with Crippen LogP contribution in [0.5, 0.6) is 0 Å². The molecule has 1 fully saturated rings. The number of ether oxygens (including phenoxy) is 1. The molecule has 4 heterocycles. The maximum atomic E-state index is 13.3. The van der Waals surface area contributed by atoms with E-state index in [4.69, 9.17) is 4.74 Å². The Labute approximate surface area is 225 Å². The van der Waals surface area contributed by atoms with Gasteiger partial charge in [-0.25, -0.2) is 9.78 Å². The van der Waals surface area contributed by atoms with Gasteiger partial charge >= 0.3 is 6.09 Å². The van der Waals surface area contributed by atoms with E-state index in [1.165, 1.54) is 11.1 Å². The highest BCUT2D eigenvalue weighted by atomic mass is 16.6. The van der Waals surface area contributed by atoms with Crippen molar-refractivity contribution in [1.29, 1.82) is 0 Å². The van der Waals surface area contributed by atoms with Crippen LogP contribution >= 0.6 is 0 Å². The van der Waals surface area contributed by atoms with Gasteiger partial charge in [0.25, 0.3) is 0 Å². The highest BCUT2D eigenvalue weighted by Crippen LogP contribution is 2.41. The third-order valence-electron chi connectivity index (χ3n) is 7.62. The first-order valence-electron chi connectivity index (χ1n) is 13.7. The Balaban J connectivity index is 1.60. The topological polar surface area (TPSA) is 78.5 Å². The van der Waals surface area contributed by atoms with Crippen LogP contribution in [0, 0.1) is 12.3 Å². The standard InChI is InChI=1S/C31H40N4O3/c1-19-16-32-27-23(19)15-22(17-33-27)21-13-20-10-12-34(28(36)30(2,3)4)18-25(20)24(14-21)26-9-8-11-35(26)29(37)38-31(5,6)7/h13-17,26H,8-12,18H2,1-7H3,(H,32,33)/t26-/m0/s1. The predicted octanol–water partition coefficient (Wildman–Crippen LogP) is 6.54. The summed E-state index contributed by atoms with van der Waals surface area (Å²) >= 11 is 0. The second kappa shape index (κ2) is 9.44. The van der Waals surface area contributed by atoms with Crippen LogP contribution in [0.25, 0.3) is 22.2 Å². The minimum atomic E-state index is -0.559. The number of rotatable bonds is 2. The predicted molar refractivity (Wildman–Crippen MR) is 150 cm³/mol. The van der Waals surface area contributed by atoms with Crippen LogP contribution in [-0.2, 0) is 22.5 Å². The molecule has 0 bridgehead atoms. The number of carbonyl (C=O) groups is 2. The third-order valence-corrected chi connectivity index (χ3v) is 7.62. The smallest absolute Gasteiger partial charge is 0.410 e. The normalized spacial score (nSPS) is 18.1. The number of aromatic amines is 1. The quantitative estimate of drug-likeness (QED) is 0.419. The number of pyridine rings is 1.